The van der Waals surface area contributed by atoms with Crippen molar-refractivity contribution in [2.45, 2.75) is 31.2 Å². The molecular weight excluding hydrogens is 304 g/mol. The van der Waals surface area contributed by atoms with Crippen LogP contribution in [-0.4, -0.2) is 37.6 Å². The third-order valence-electron chi connectivity index (χ3n) is 4.53. The number of hydrogen-bond donors (Lipinski definition) is 1. The molecule has 1 N–H and O–H groups in total. The van der Waals surface area contributed by atoms with Gasteiger partial charge in [0.15, 0.2) is 0 Å². The van der Waals surface area contributed by atoms with Crippen LogP contribution in [0, 0.1) is 0 Å². The van der Waals surface area contributed by atoms with Gasteiger partial charge < -0.3 is 19.3 Å². The van der Waals surface area contributed by atoms with Crippen molar-refractivity contribution < 1.29 is 19.3 Å². The largest absolute Gasteiger partial charge is 0.496 e. The molecular formula is C20H24O4. The van der Waals surface area contributed by atoms with Crippen LogP contribution in [0.2, 0.25) is 0 Å². The van der Waals surface area contributed by atoms with Crippen molar-refractivity contribution in [3.63, 3.8) is 0 Å². The quantitative estimate of drug-likeness (QED) is 0.885. The first-order valence-electron chi connectivity index (χ1n) is 8.34. The third kappa shape index (κ3) is 3.78. The van der Waals surface area contributed by atoms with E-state index in [0.29, 0.717) is 13.2 Å². The third-order valence-corrected chi connectivity index (χ3v) is 4.53. The van der Waals surface area contributed by atoms with Crippen LogP contribution in [0.1, 0.15) is 23.5 Å². The van der Waals surface area contributed by atoms with Gasteiger partial charge in [-0.05, 0) is 23.6 Å². The molecule has 2 aromatic rings. The second-order valence-corrected chi connectivity index (χ2v) is 5.99. The molecule has 128 valence electrons. The molecule has 24 heavy (non-hydrogen) atoms. The van der Waals surface area contributed by atoms with E-state index in [-0.39, 0.29) is 24.7 Å². The molecule has 4 nitrogen and oxygen atoms in total. The highest BCUT2D eigenvalue weighted by atomic mass is 16.5. The number of methoxy groups -OCH3 is 1. The molecule has 1 saturated heterocycles. The average Bonchev–Trinajstić information content (AvgIpc) is 2.66. The van der Waals surface area contributed by atoms with Gasteiger partial charge in [-0.15, -0.1) is 0 Å². The molecule has 3 unspecified atom stereocenters. The Labute approximate surface area is 143 Å². The molecule has 1 aliphatic rings. The van der Waals surface area contributed by atoms with Gasteiger partial charge in [0.25, 0.3) is 0 Å². The Kier molecular flexibility index (Phi) is 5.86. The van der Waals surface area contributed by atoms with Crippen LogP contribution in [0.15, 0.2) is 54.6 Å². The average molecular weight is 328 g/mol. The number of hydrogen-bond acceptors (Lipinski definition) is 4. The summed E-state index contributed by atoms with van der Waals surface area (Å²) >= 11 is 0. The van der Waals surface area contributed by atoms with E-state index in [1.807, 2.05) is 48.5 Å². The van der Waals surface area contributed by atoms with Gasteiger partial charge >= 0.3 is 0 Å². The summed E-state index contributed by atoms with van der Waals surface area (Å²) in [6.07, 6.45) is 0.314. The summed E-state index contributed by atoms with van der Waals surface area (Å²) in [7, 11) is 1.68. The van der Waals surface area contributed by atoms with Crippen molar-refractivity contribution in [3.05, 3.63) is 65.7 Å². The van der Waals surface area contributed by atoms with Crippen molar-refractivity contribution in [1.29, 1.82) is 0 Å². The molecule has 4 heteroatoms. The second kappa shape index (κ2) is 8.29. The van der Waals surface area contributed by atoms with Crippen LogP contribution in [-0.2, 0) is 16.1 Å². The molecule has 3 atom stereocenters. The Morgan fingerprint density at radius 3 is 2.58 bits per heavy atom. The minimum absolute atomic E-state index is 0.0505. The highest BCUT2D eigenvalue weighted by Crippen LogP contribution is 2.37. The number of benzene rings is 2. The first-order chi connectivity index (χ1) is 11.8. The topological polar surface area (TPSA) is 47.9 Å². The number of aliphatic hydroxyl groups excluding tert-OH is 1. The maximum Gasteiger partial charge on any atom is 0.122 e. The van der Waals surface area contributed by atoms with Gasteiger partial charge in [-0.3, -0.25) is 0 Å². The summed E-state index contributed by atoms with van der Waals surface area (Å²) in [6.45, 7) is 1.06. The first kappa shape index (κ1) is 17.0. The van der Waals surface area contributed by atoms with E-state index in [4.69, 9.17) is 14.2 Å². The minimum Gasteiger partial charge on any atom is -0.496 e. The van der Waals surface area contributed by atoms with Crippen molar-refractivity contribution in [2.75, 3.05) is 20.3 Å². The fourth-order valence-electron chi connectivity index (χ4n) is 3.32. The Bertz CT molecular complexity index is 629. The van der Waals surface area contributed by atoms with E-state index in [2.05, 4.69) is 6.07 Å². The summed E-state index contributed by atoms with van der Waals surface area (Å²) in [6, 6.07) is 18.1. The molecule has 2 aromatic carbocycles. The van der Waals surface area contributed by atoms with Crippen LogP contribution in [0.25, 0.3) is 0 Å². The van der Waals surface area contributed by atoms with Crippen LogP contribution >= 0.6 is 0 Å². The maximum atomic E-state index is 9.71. The Balaban J connectivity index is 1.82. The fourth-order valence-corrected chi connectivity index (χ4v) is 3.32. The summed E-state index contributed by atoms with van der Waals surface area (Å²) in [5, 5.41) is 9.71. The predicted molar refractivity (Wildman–Crippen MR) is 92.2 cm³/mol. The normalized spacial score (nSPS) is 23.8. The van der Waals surface area contributed by atoms with E-state index in [0.717, 1.165) is 23.3 Å². The molecule has 3 rings (SSSR count). The van der Waals surface area contributed by atoms with Crippen LogP contribution < -0.4 is 4.74 Å². The highest BCUT2D eigenvalue weighted by molar-refractivity contribution is 5.37. The molecule has 0 radical (unpaired) electrons. The van der Waals surface area contributed by atoms with E-state index in [9.17, 15) is 5.11 Å². The van der Waals surface area contributed by atoms with Crippen molar-refractivity contribution in [3.8, 4) is 5.75 Å². The number of aliphatic hydroxyl groups is 1. The zero-order valence-corrected chi connectivity index (χ0v) is 13.9. The van der Waals surface area contributed by atoms with Crippen molar-refractivity contribution in [2.24, 2.45) is 0 Å². The van der Waals surface area contributed by atoms with Crippen LogP contribution in [0.4, 0.5) is 0 Å². The second-order valence-electron chi connectivity index (χ2n) is 5.99. The lowest BCUT2D eigenvalue weighted by atomic mass is 9.85. The highest BCUT2D eigenvalue weighted by Gasteiger charge is 2.37. The smallest absolute Gasteiger partial charge is 0.122 e. The molecule has 0 amide bonds. The maximum absolute atomic E-state index is 9.71. The molecule has 0 aromatic heterocycles. The monoisotopic (exact) mass is 328 g/mol. The van der Waals surface area contributed by atoms with E-state index in [1.54, 1.807) is 7.11 Å². The van der Waals surface area contributed by atoms with Gasteiger partial charge in [0.1, 0.15) is 11.9 Å². The Hall–Kier alpha value is -1.88. The lowest BCUT2D eigenvalue weighted by Gasteiger charge is -2.38. The summed E-state index contributed by atoms with van der Waals surface area (Å²) in [5.41, 5.74) is 2.22. The molecule has 1 heterocycles. The van der Waals surface area contributed by atoms with Crippen molar-refractivity contribution >= 4 is 0 Å². The number of para-hydroxylation sites is 1. The van der Waals surface area contributed by atoms with Crippen LogP contribution in [0.3, 0.4) is 0 Å². The SMILES string of the molecule is COc1ccccc1C1CCOC(CO)C1OCc1ccccc1. The van der Waals surface area contributed by atoms with E-state index < -0.39 is 0 Å². The first-order valence-corrected chi connectivity index (χ1v) is 8.34. The molecule has 0 spiro atoms. The Morgan fingerprint density at radius 2 is 1.83 bits per heavy atom. The summed E-state index contributed by atoms with van der Waals surface area (Å²) in [4.78, 5) is 0. The van der Waals surface area contributed by atoms with E-state index in [1.165, 1.54) is 0 Å². The zero-order valence-electron chi connectivity index (χ0n) is 13.9. The lowest BCUT2D eigenvalue weighted by molar-refractivity contribution is -0.137. The van der Waals surface area contributed by atoms with Crippen LogP contribution in [0.5, 0.6) is 5.75 Å². The van der Waals surface area contributed by atoms with Gasteiger partial charge in [-0.25, -0.2) is 0 Å². The molecule has 1 aliphatic heterocycles. The fraction of sp³-hybridized carbons (Fsp3) is 0.400. The molecule has 0 bridgehead atoms. The lowest BCUT2D eigenvalue weighted by Crippen LogP contribution is -2.43. The molecule has 1 fully saturated rings. The van der Waals surface area contributed by atoms with Crippen molar-refractivity contribution in [1.82, 2.24) is 0 Å². The van der Waals surface area contributed by atoms with Gasteiger partial charge in [-0.1, -0.05) is 48.5 Å². The van der Waals surface area contributed by atoms with Gasteiger partial charge in [0.2, 0.25) is 0 Å². The van der Waals surface area contributed by atoms with Gasteiger partial charge in [-0.2, -0.15) is 0 Å². The zero-order chi connectivity index (χ0) is 16.8. The molecule has 0 saturated carbocycles. The van der Waals surface area contributed by atoms with Gasteiger partial charge in [0.05, 0.1) is 26.4 Å². The number of ether oxygens (including phenoxy) is 3. The number of rotatable bonds is 6. The summed E-state index contributed by atoms with van der Waals surface area (Å²) < 4.78 is 17.5. The predicted octanol–water partition coefficient (Wildman–Crippen LogP) is 3.15. The molecule has 0 aliphatic carbocycles. The Morgan fingerprint density at radius 1 is 1.08 bits per heavy atom. The minimum atomic E-state index is -0.322. The summed E-state index contributed by atoms with van der Waals surface area (Å²) in [5.74, 6) is 0.991. The standard InChI is InChI=1S/C20H24O4/c1-22-18-10-6-5-9-16(18)17-11-12-23-19(13-21)20(17)24-14-15-7-3-2-4-8-15/h2-10,17,19-21H,11-14H2,1H3. The van der Waals surface area contributed by atoms with E-state index >= 15 is 0 Å². The van der Waals surface area contributed by atoms with Gasteiger partial charge in [0, 0.05) is 12.5 Å².